The number of rotatable bonds is 6. The van der Waals surface area contributed by atoms with Crippen molar-refractivity contribution < 1.29 is 22.8 Å². The average Bonchev–Trinajstić information content (AvgIpc) is 3.22. The summed E-state index contributed by atoms with van der Waals surface area (Å²) in [6.45, 7) is 6.23. The fourth-order valence-corrected chi connectivity index (χ4v) is 6.44. The van der Waals surface area contributed by atoms with Crippen molar-refractivity contribution in [2.45, 2.75) is 94.2 Å². The van der Waals surface area contributed by atoms with Gasteiger partial charge in [0.15, 0.2) is 0 Å². The Bertz CT molecular complexity index is 1010. The van der Waals surface area contributed by atoms with E-state index in [1.165, 1.54) is 4.90 Å². The van der Waals surface area contributed by atoms with E-state index in [0.29, 0.717) is 12.8 Å². The van der Waals surface area contributed by atoms with Gasteiger partial charge in [0.1, 0.15) is 0 Å². The number of nitrogens with one attached hydrogen (secondary N) is 1. The van der Waals surface area contributed by atoms with Gasteiger partial charge in [-0.2, -0.15) is 0 Å². The second kappa shape index (κ2) is 8.83. The summed E-state index contributed by atoms with van der Waals surface area (Å²) in [6.07, 6.45) is 3.60. The van der Waals surface area contributed by atoms with E-state index in [1.807, 2.05) is 17.0 Å². The standard InChI is InChI=1S/C24H33N3O5S/c1-24(2,3)16-4-8-20(9-5-16)33(31,32)25-13-12-23(30)26-17-6-7-18(26)15-19(14-17)27-21(28)10-11-22(27)29/h4-5,8-9,17-19,25H,6-7,10-15H2,1-3H3. The smallest absolute Gasteiger partial charge is 0.240 e. The zero-order chi connectivity index (χ0) is 24.0. The predicted molar refractivity (Wildman–Crippen MR) is 123 cm³/mol. The Labute approximate surface area is 195 Å². The number of hydrogen-bond donors (Lipinski definition) is 1. The Morgan fingerprint density at radius 3 is 2.03 bits per heavy atom. The van der Waals surface area contributed by atoms with Crippen molar-refractivity contribution in [3.63, 3.8) is 0 Å². The van der Waals surface area contributed by atoms with Crippen LogP contribution in [0.3, 0.4) is 0 Å². The van der Waals surface area contributed by atoms with Crippen LogP contribution in [-0.4, -0.2) is 60.6 Å². The van der Waals surface area contributed by atoms with Crippen molar-refractivity contribution >= 4 is 27.7 Å². The molecule has 1 aromatic carbocycles. The molecule has 33 heavy (non-hydrogen) atoms. The van der Waals surface area contributed by atoms with Gasteiger partial charge in [-0.3, -0.25) is 19.3 Å². The summed E-state index contributed by atoms with van der Waals surface area (Å²) in [6, 6.07) is 6.71. The van der Waals surface area contributed by atoms with E-state index < -0.39 is 10.0 Å². The number of piperidine rings is 1. The number of benzene rings is 1. The van der Waals surface area contributed by atoms with Crippen LogP contribution in [0.5, 0.6) is 0 Å². The molecule has 180 valence electrons. The van der Waals surface area contributed by atoms with Crippen LogP contribution in [0.4, 0.5) is 0 Å². The molecule has 3 heterocycles. The van der Waals surface area contributed by atoms with Crippen molar-refractivity contribution in [1.29, 1.82) is 0 Å². The second-order valence-corrected chi connectivity index (χ2v) is 12.2. The summed E-state index contributed by atoms with van der Waals surface area (Å²) in [7, 11) is -3.69. The predicted octanol–water partition coefficient (Wildman–Crippen LogP) is 2.32. The molecule has 3 saturated heterocycles. The Kier molecular flexibility index (Phi) is 6.39. The third-order valence-electron chi connectivity index (χ3n) is 7.11. The van der Waals surface area contributed by atoms with Crippen LogP contribution < -0.4 is 4.72 Å². The number of amides is 3. The lowest BCUT2D eigenvalue weighted by atomic mass is 9.87. The van der Waals surface area contributed by atoms with Gasteiger partial charge in [-0.15, -0.1) is 0 Å². The molecule has 3 fully saturated rings. The topological polar surface area (TPSA) is 104 Å². The summed E-state index contributed by atoms with van der Waals surface area (Å²) >= 11 is 0. The first kappa shape index (κ1) is 23.9. The van der Waals surface area contributed by atoms with Gasteiger partial charge < -0.3 is 4.90 Å². The number of sulfonamides is 1. The first-order valence-corrected chi connectivity index (χ1v) is 13.2. The maximum Gasteiger partial charge on any atom is 0.240 e. The average molecular weight is 476 g/mol. The molecule has 4 rings (SSSR count). The molecule has 2 bridgehead atoms. The molecule has 0 aliphatic carbocycles. The molecule has 9 heteroatoms. The van der Waals surface area contributed by atoms with E-state index in [9.17, 15) is 22.8 Å². The Morgan fingerprint density at radius 2 is 1.52 bits per heavy atom. The molecular formula is C24H33N3O5S. The third kappa shape index (κ3) is 4.84. The number of hydrogen-bond acceptors (Lipinski definition) is 5. The van der Waals surface area contributed by atoms with Crippen LogP contribution in [0.15, 0.2) is 29.2 Å². The van der Waals surface area contributed by atoms with Crippen LogP contribution in [0, 0.1) is 0 Å². The van der Waals surface area contributed by atoms with Gasteiger partial charge in [0.25, 0.3) is 0 Å². The Hall–Kier alpha value is -2.26. The lowest BCUT2D eigenvalue weighted by molar-refractivity contribution is -0.144. The molecule has 1 N–H and O–H groups in total. The number of carbonyl (C=O) groups is 3. The SMILES string of the molecule is CC(C)(C)c1ccc(S(=O)(=O)NCCC(=O)N2C3CCC2CC(N2C(=O)CCC2=O)C3)cc1. The first-order valence-electron chi connectivity index (χ1n) is 11.7. The number of fused-ring (bicyclic) bond motifs is 2. The van der Waals surface area contributed by atoms with Gasteiger partial charge >= 0.3 is 0 Å². The van der Waals surface area contributed by atoms with E-state index in [2.05, 4.69) is 25.5 Å². The number of carbonyl (C=O) groups excluding carboxylic acids is 3. The first-order chi connectivity index (χ1) is 15.5. The van der Waals surface area contributed by atoms with Gasteiger partial charge in [-0.1, -0.05) is 32.9 Å². The largest absolute Gasteiger partial charge is 0.337 e. The minimum Gasteiger partial charge on any atom is -0.337 e. The van der Waals surface area contributed by atoms with Crippen molar-refractivity contribution in [3.8, 4) is 0 Å². The highest BCUT2D eigenvalue weighted by Gasteiger charge is 2.47. The minimum atomic E-state index is -3.69. The molecule has 0 aromatic heterocycles. The summed E-state index contributed by atoms with van der Waals surface area (Å²) in [5.74, 6) is -0.283. The van der Waals surface area contributed by atoms with Crippen LogP contribution in [-0.2, 0) is 29.8 Å². The lowest BCUT2D eigenvalue weighted by Crippen LogP contribution is -2.54. The molecular weight excluding hydrogens is 442 g/mol. The van der Waals surface area contributed by atoms with E-state index in [0.717, 1.165) is 18.4 Å². The summed E-state index contributed by atoms with van der Waals surface area (Å²) in [4.78, 5) is 40.6. The number of imide groups is 1. The summed E-state index contributed by atoms with van der Waals surface area (Å²) in [5.41, 5.74) is 0.984. The second-order valence-electron chi connectivity index (χ2n) is 10.4. The molecule has 1 aromatic rings. The van der Waals surface area contributed by atoms with Crippen LogP contribution in [0.1, 0.15) is 71.3 Å². The molecule has 3 aliphatic rings. The minimum absolute atomic E-state index is 0.00370. The van der Waals surface area contributed by atoms with E-state index in [-0.39, 0.29) is 72.0 Å². The molecule has 3 aliphatic heterocycles. The lowest BCUT2D eigenvalue weighted by Gasteiger charge is -2.41. The Balaban J connectivity index is 1.32. The molecule has 8 nitrogen and oxygen atoms in total. The maximum absolute atomic E-state index is 12.9. The normalized spacial score (nSPS) is 25.7. The third-order valence-corrected chi connectivity index (χ3v) is 8.59. The maximum atomic E-state index is 12.9. The van der Waals surface area contributed by atoms with Crippen LogP contribution in [0.25, 0.3) is 0 Å². The highest BCUT2D eigenvalue weighted by atomic mass is 32.2. The van der Waals surface area contributed by atoms with E-state index in [4.69, 9.17) is 0 Å². The highest BCUT2D eigenvalue weighted by molar-refractivity contribution is 7.89. The molecule has 3 amide bonds. The van der Waals surface area contributed by atoms with Crippen LogP contribution in [0.2, 0.25) is 0 Å². The van der Waals surface area contributed by atoms with Crippen molar-refractivity contribution in [2.24, 2.45) is 0 Å². The fraction of sp³-hybridized carbons (Fsp3) is 0.625. The van der Waals surface area contributed by atoms with Crippen molar-refractivity contribution in [1.82, 2.24) is 14.5 Å². The Morgan fingerprint density at radius 1 is 0.970 bits per heavy atom. The molecule has 2 atom stereocenters. The monoisotopic (exact) mass is 475 g/mol. The molecule has 2 unspecified atom stereocenters. The summed E-state index contributed by atoms with van der Waals surface area (Å²) < 4.78 is 27.8. The van der Waals surface area contributed by atoms with E-state index >= 15 is 0 Å². The zero-order valence-electron chi connectivity index (χ0n) is 19.5. The van der Waals surface area contributed by atoms with Gasteiger partial charge in [0.2, 0.25) is 27.7 Å². The number of likely N-dealkylation sites (tertiary alicyclic amines) is 1. The van der Waals surface area contributed by atoms with Gasteiger partial charge in [0.05, 0.1) is 4.90 Å². The zero-order valence-corrected chi connectivity index (χ0v) is 20.4. The van der Waals surface area contributed by atoms with Gasteiger partial charge in [-0.25, -0.2) is 13.1 Å². The molecule has 0 radical (unpaired) electrons. The van der Waals surface area contributed by atoms with E-state index in [1.54, 1.807) is 12.1 Å². The molecule has 0 saturated carbocycles. The van der Waals surface area contributed by atoms with Crippen molar-refractivity contribution in [2.75, 3.05) is 6.54 Å². The fourth-order valence-electron chi connectivity index (χ4n) is 5.41. The highest BCUT2D eigenvalue weighted by Crippen LogP contribution is 2.39. The number of nitrogens with zero attached hydrogens (tertiary/aromatic N) is 2. The van der Waals surface area contributed by atoms with Gasteiger partial charge in [-0.05, 0) is 48.8 Å². The summed E-state index contributed by atoms with van der Waals surface area (Å²) in [5, 5.41) is 0. The van der Waals surface area contributed by atoms with Crippen molar-refractivity contribution in [3.05, 3.63) is 29.8 Å². The molecule has 0 spiro atoms. The van der Waals surface area contributed by atoms with Gasteiger partial charge in [0, 0.05) is 43.9 Å². The quantitative estimate of drug-likeness (QED) is 0.636. The van der Waals surface area contributed by atoms with Crippen LogP contribution >= 0.6 is 0 Å².